The molecule has 0 aliphatic heterocycles. The van der Waals surface area contributed by atoms with Crippen molar-refractivity contribution in [3.63, 3.8) is 0 Å². The number of hydrogen-bond acceptors (Lipinski definition) is 3. The highest BCUT2D eigenvalue weighted by molar-refractivity contribution is 7.79. The van der Waals surface area contributed by atoms with Crippen LogP contribution in [0.4, 0.5) is 0 Å². The Balaban J connectivity index is 2.56. The molecule has 1 aromatic carbocycles. The van der Waals surface area contributed by atoms with Crippen LogP contribution in [0.2, 0.25) is 0 Å². The predicted octanol–water partition coefficient (Wildman–Crippen LogP) is 2.03. The summed E-state index contributed by atoms with van der Waals surface area (Å²) in [6.45, 7) is 1.67. The Morgan fingerprint density at radius 2 is 2.12 bits per heavy atom. The van der Waals surface area contributed by atoms with Crippen LogP contribution in [0.5, 0.6) is 0 Å². The van der Waals surface area contributed by atoms with Crippen LogP contribution >= 0.6 is 0 Å². The van der Waals surface area contributed by atoms with Crippen molar-refractivity contribution in [3.05, 3.63) is 42.2 Å². The summed E-state index contributed by atoms with van der Waals surface area (Å²) >= 11 is -2.13. The first kappa shape index (κ1) is 12.0. The molecule has 5 heteroatoms. The van der Waals surface area contributed by atoms with Gasteiger partial charge in [-0.2, -0.15) is 0 Å². The van der Waals surface area contributed by atoms with E-state index in [1.54, 1.807) is 13.1 Å². The smallest absolute Gasteiger partial charge is 0.139 e. The van der Waals surface area contributed by atoms with Crippen molar-refractivity contribution in [1.82, 2.24) is 9.55 Å². The minimum absolute atomic E-state index is 0.539. The zero-order valence-corrected chi connectivity index (χ0v) is 10.5. The zero-order valence-electron chi connectivity index (χ0n) is 9.66. The summed E-state index contributed by atoms with van der Waals surface area (Å²) in [7, 11) is 1.89. The molecule has 1 heterocycles. The fourth-order valence-corrected chi connectivity index (χ4v) is 2.20. The molecule has 0 N–H and O–H groups in total. The van der Waals surface area contributed by atoms with E-state index >= 15 is 0 Å². The van der Waals surface area contributed by atoms with Crippen molar-refractivity contribution >= 4 is 11.1 Å². The molecule has 4 nitrogen and oxygen atoms in total. The molecule has 0 fully saturated rings. The van der Waals surface area contributed by atoms with E-state index in [0.717, 1.165) is 17.0 Å². The fraction of sp³-hybridized carbons (Fsp3) is 0.250. The third-order valence-electron chi connectivity index (χ3n) is 2.75. The fourth-order valence-electron chi connectivity index (χ4n) is 1.78. The number of imidazole rings is 1. The first-order valence-electron chi connectivity index (χ1n) is 5.26. The maximum absolute atomic E-state index is 11.1. The number of aryl methyl sites for hydroxylation is 1. The van der Waals surface area contributed by atoms with E-state index in [9.17, 15) is 8.76 Å². The lowest BCUT2D eigenvalue weighted by molar-refractivity contribution is 0.527. The SMILES string of the molecule is CC(c1ccccc1-c1nccn1C)S(=O)[O-]. The molecule has 2 rings (SSSR count). The monoisotopic (exact) mass is 249 g/mol. The van der Waals surface area contributed by atoms with E-state index in [1.165, 1.54) is 0 Å². The lowest BCUT2D eigenvalue weighted by Gasteiger charge is -2.18. The van der Waals surface area contributed by atoms with E-state index in [-0.39, 0.29) is 0 Å². The van der Waals surface area contributed by atoms with E-state index in [2.05, 4.69) is 4.98 Å². The largest absolute Gasteiger partial charge is 0.772 e. The average Bonchev–Trinajstić information content (AvgIpc) is 2.74. The quantitative estimate of drug-likeness (QED) is 0.782. The molecule has 0 aliphatic carbocycles. The van der Waals surface area contributed by atoms with Crippen LogP contribution in [0.25, 0.3) is 11.4 Å². The van der Waals surface area contributed by atoms with Gasteiger partial charge in [0.25, 0.3) is 0 Å². The average molecular weight is 249 g/mol. The van der Waals surface area contributed by atoms with Crippen LogP contribution in [0, 0.1) is 0 Å². The molecule has 0 aliphatic rings. The molecular formula is C12H13N2O2S-. The molecular weight excluding hydrogens is 236 g/mol. The van der Waals surface area contributed by atoms with Gasteiger partial charge in [0.2, 0.25) is 0 Å². The molecule has 0 spiro atoms. The summed E-state index contributed by atoms with van der Waals surface area (Å²) in [4.78, 5) is 4.25. The van der Waals surface area contributed by atoms with Gasteiger partial charge in [-0.1, -0.05) is 24.3 Å². The highest BCUT2D eigenvalue weighted by Gasteiger charge is 2.14. The minimum Gasteiger partial charge on any atom is -0.772 e. The van der Waals surface area contributed by atoms with Gasteiger partial charge in [-0.25, -0.2) is 4.98 Å². The second kappa shape index (κ2) is 4.81. The van der Waals surface area contributed by atoms with Crippen molar-refractivity contribution in [3.8, 4) is 11.4 Å². The Morgan fingerprint density at radius 1 is 1.41 bits per heavy atom. The Bertz CT molecular complexity index is 551. The summed E-state index contributed by atoms with van der Waals surface area (Å²) < 4.78 is 24.0. The molecule has 0 saturated heterocycles. The molecule has 1 aromatic heterocycles. The summed E-state index contributed by atoms with van der Waals surface area (Å²) in [6, 6.07) is 7.44. The van der Waals surface area contributed by atoms with Crippen LogP contribution in [0.3, 0.4) is 0 Å². The van der Waals surface area contributed by atoms with Crippen LogP contribution < -0.4 is 0 Å². The molecule has 0 bridgehead atoms. The molecule has 2 aromatic rings. The second-order valence-corrected chi connectivity index (χ2v) is 5.08. The topological polar surface area (TPSA) is 58.0 Å². The van der Waals surface area contributed by atoms with Gasteiger partial charge in [0.1, 0.15) is 5.82 Å². The van der Waals surface area contributed by atoms with Crippen molar-refractivity contribution < 1.29 is 8.76 Å². The van der Waals surface area contributed by atoms with Crippen molar-refractivity contribution in [1.29, 1.82) is 0 Å². The van der Waals surface area contributed by atoms with Gasteiger partial charge in [-0.15, -0.1) is 0 Å². The normalized spacial score (nSPS) is 14.5. The maximum Gasteiger partial charge on any atom is 0.139 e. The first-order chi connectivity index (χ1) is 8.11. The van der Waals surface area contributed by atoms with Gasteiger partial charge in [-0.05, 0) is 23.6 Å². The Kier molecular flexibility index (Phi) is 3.40. The number of aromatic nitrogens is 2. The van der Waals surface area contributed by atoms with Crippen molar-refractivity contribution in [2.75, 3.05) is 0 Å². The van der Waals surface area contributed by atoms with Crippen molar-refractivity contribution in [2.24, 2.45) is 7.05 Å². The van der Waals surface area contributed by atoms with Crippen LogP contribution in [0.15, 0.2) is 36.7 Å². The molecule has 0 radical (unpaired) electrons. The predicted molar refractivity (Wildman–Crippen MR) is 66.0 cm³/mol. The molecule has 2 unspecified atom stereocenters. The third-order valence-corrected chi connectivity index (χ3v) is 3.58. The Labute approximate surface area is 103 Å². The molecule has 0 saturated carbocycles. The van der Waals surface area contributed by atoms with Crippen LogP contribution in [-0.4, -0.2) is 18.3 Å². The number of rotatable bonds is 3. The molecule has 90 valence electrons. The summed E-state index contributed by atoms with van der Waals surface area (Å²) in [6.07, 6.45) is 3.54. The van der Waals surface area contributed by atoms with E-state index < -0.39 is 16.3 Å². The Hall–Kier alpha value is -1.46. The Morgan fingerprint density at radius 3 is 2.71 bits per heavy atom. The standard InChI is InChI=1S/C12H14N2O2S/c1-9(17(15)16)10-5-3-4-6-11(10)12-13-7-8-14(12)2/h3-9H,1-2H3,(H,15,16)/p-1. The van der Waals surface area contributed by atoms with E-state index in [4.69, 9.17) is 0 Å². The van der Waals surface area contributed by atoms with Crippen LogP contribution in [-0.2, 0) is 18.1 Å². The number of hydrogen-bond donors (Lipinski definition) is 0. The summed E-state index contributed by atoms with van der Waals surface area (Å²) in [5.41, 5.74) is 1.63. The lowest BCUT2D eigenvalue weighted by Crippen LogP contribution is -2.04. The number of nitrogens with zero attached hydrogens (tertiary/aromatic N) is 2. The van der Waals surface area contributed by atoms with E-state index in [1.807, 2.05) is 42.1 Å². The summed E-state index contributed by atoms with van der Waals surface area (Å²) in [5.74, 6) is 0.776. The zero-order chi connectivity index (χ0) is 12.4. The lowest BCUT2D eigenvalue weighted by atomic mass is 10.0. The maximum atomic E-state index is 11.1. The highest BCUT2D eigenvalue weighted by Crippen LogP contribution is 2.29. The molecule has 17 heavy (non-hydrogen) atoms. The van der Waals surface area contributed by atoms with Gasteiger partial charge in [0, 0.05) is 30.3 Å². The van der Waals surface area contributed by atoms with Gasteiger partial charge in [-0.3, -0.25) is 4.21 Å². The molecule has 2 atom stereocenters. The minimum atomic E-state index is -2.13. The van der Waals surface area contributed by atoms with Crippen LogP contribution in [0.1, 0.15) is 17.7 Å². The van der Waals surface area contributed by atoms with Gasteiger partial charge < -0.3 is 9.12 Å². The molecule has 0 amide bonds. The highest BCUT2D eigenvalue weighted by atomic mass is 32.2. The summed E-state index contributed by atoms with van der Waals surface area (Å²) in [5, 5.41) is -0.539. The second-order valence-electron chi connectivity index (χ2n) is 3.85. The first-order valence-corrected chi connectivity index (χ1v) is 6.39. The van der Waals surface area contributed by atoms with Crippen molar-refractivity contribution in [2.45, 2.75) is 12.2 Å². The van der Waals surface area contributed by atoms with Gasteiger partial charge in [0.15, 0.2) is 0 Å². The number of benzene rings is 1. The van der Waals surface area contributed by atoms with Gasteiger partial charge in [0.05, 0.1) is 0 Å². The third kappa shape index (κ3) is 2.30. The van der Waals surface area contributed by atoms with Gasteiger partial charge >= 0.3 is 0 Å². The van der Waals surface area contributed by atoms with E-state index in [0.29, 0.717) is 0 Å².